The SMILES string of the molecule is CC(C=O)=Cc1cccc2cccnc12. The number of aldehydes is 1. The zero-order valence-electron chi connectivity index (χ0n) is 8.47. The van der Waals surface area contributed by atoms with E-state index in [1.807, 2.05) is 36.4 Å². The van der Waals surface area contributed by atoms with Gasteiger partial charge in [0.15, 0.2) is 0 Å². The second kappa shape index (κ2) is 4.05. The summed E-state index contributed by atoms with van der Waals surface area (Å²) >= 11 is 0. The lowest BCUT2D eigenvalue weighted by Crippen LogP contribution is -1.84. The Kier molecular flexibility index (Phi) is 2.59. The van der Waals surface area contributed by atoms with Crippen LogP contribution in [0.2, 0.25) is 0 Å². The molecule has 0 aliphatic heterocycles. The van der Waals surface area contributed by atoms with Gasteiger partial charge in [-0.25, -0.2) is 0 Å². The van der Waals surface area contributed by atoms with Crippen molar-refractivity contribution in [1.82, 2.24) is 4.98 Å². The van der Waals surface area contributed by atoms with E-state index < -0.39 is 0 Å². The first-order valence-corrected chi connectivity index (χ1v) is 4.78. The number of benzene rings is 1. The Morgan fingerprint density at radius 2 is 2.07 bits per heavy atom. The molecule has 0 bridgehead atoms. The summed E-state index contributed by atoms with van der Waals surface area (Å²) in [6.45, 7) is 1.79. The molecule has 2 aromatic rings. The van der Waals surface area contributed by atoms with Gasteiger partial charge in [0, 0.05) is 17.1 Å². The summed E-state index contributed by atoms with van der Waals surface area (Å²) in [4.78, 5) is 14.9. The molecule has 2 nitrogen and oxygen atoms in total. The van der Waals surface area contributed by atoms with Gasteiger partial charge in [0.05, 0.1) is 5.52 Å². The fraction of sp³-hybridized carbons (Fsp3) is 0.0769. The quantitative estimate of drug-likeness (QED) is 0.547. The molecule has 0 fully saturated rings. The van der Waals surface area contributed by atoms with E-state index in [2.05, 4.69) is 4.98 Å². The van der Waals surface area contributed by atoms with Gasteiger partial charge in [-0.1, -0.05) is 24.3 Å². The standard InChI is InChI=1S/C13H11NO/c1-10(9-15)8-12-5-2-4-11-6-3-7-14-13(11)12/h2-9H,1H3. The van der Waals surface area contributed by atoms with Crippen molar-refractivity contribution in [1.29, 1.82) is 0 Å². The molecule has 2 rings (SSSR count). The van der Waals surface area contributed by atoms with E-state index in [0.29, 0.717) is 5.57 Å². The highest BCUT2D eigenvalue weighted by molar-refractivity contribution is 5.91. The summed E-state index contributed by atoms with van der Waals surface area (Å²) in [6, 6.07) is 9.85. The van der Waals surface area contributed by atoms with Crippen LogP contribution in [0, 0.1) is 0 Å². The molecule has 0 radical (unpaired) electrons. The van der Waals surface area contributed by atoms with Gasteiger partial charge < -0.3 is 0 Å². The van der Waals surface area contributed by atoms with Gasteiger partial charge in [0.1, 0.15) is 6.29 Å². The molecule has 0 N–H and O–H groups in total. The summed E-state index contributed by atoms with van der Waals surface area (Å²) in [5.41, 5.74) is 2.62. The smallest absolute Gasteiger partial charge is 0.145 e. The van der Waals surface area contributed by atoms with Gasteiger partial charge >= 0.3 is 0 Å². The van der Waals surface area contributed by atoms with Crippen LogP contribution in [0.5, 0.6) is 0 Å². The third kappa shape index (κ3) is 1.94. The molecule has 0 atom stereocenters. The first-order valence-electron chi connectivity index (χ1n) is 4.78. The first kappa shape index (κ1) is 9.59. The molecule has 0 saturated heterocycles. The number of pyridine rings is 1. The second-order valence-corrected chi connectivity index (χ2v) is 3.43. The van der Waals surface area contributed by atoms with Gasteiger partial charge in [-0.05, 0) is 24.6 Å². The van der Waals surface area contributed by atoms with Crippen molar-refractivity contribution in [2.75, 3.05) is 0 Å². The third-order valence-electron chi connectivity index (χ3n) is 2.23. The zero-order chi connectivity index (χ0) is 10.7. The molecule has 0 saturated carbocycles. The fourth-order valence-corrected chi connectivity index (χ4v) is 1.52. The molecule has 2 heteroatoms. The zero-order valence-corrected chi connectivity index (χ0v) is 8.47. The van der Waals surface area contributed by atoms with Crippen LogP contribution in [-0.2, 0) is 4.79 Å². The van der Waals surface area contributed by atoms with Crippen molar-refractivity contribution in [3.63, 3.8) is 0 Å². The fourth-order valence-electron chi connectivity index (χ4n) is 1.52. The van der Waals surface area contributed by atoms with E-state index in [4.69, 9.17) is 0 Å². The Morgan fingerprint density at radius 1 is 1.27 bits per heavy atom. The van der Waals surface area contributed by atoms with Crippen molar-refractivity contribution in [3.8, 4) is 0 Å². The van der Waals surface area contributed by atoms with E-state index in [1.165, 1.54) is 0 Å². The van der Waals surface area contributed by atoms with Crippen molar-refractivity contribution < 1.29 is 4.79 Å². The third-order valence-corrected chi connectivity index (χ3v) is 2.23. The van der Waals surface area contributed by atoms with E-state index in [1.54, 1.807) is 13.1 Å². The number of hydrogen-bond donors (Lipinski definition) is 0. The summed E-state index contributed by atoms with van der Waals surface area (Å²) in [5.74, 6) is 0. The Bertz CT molecular complexity index is 524. The predicted octanol–water partition coefficient (Wildman–Crippen LogP) is 2.84. The lowest BCUT2D eigenvalue weighted by atomic mass is 10.1. The molecule has 0 amide bonds. The number of fused-ring (bicyclic) bond motifs is 1. The Labute approximate surface area is 88.3 Å². The molecule has 1 heterocycles. The first-order chi connectivity index (χ1) is 7.31. The lowest BCUT2D eigenvalue weighted by Gasteiger charge is -2.00. The molecule has 0 aliphatic carbocycles. The van der Waals surface area contributed by atoms with E-state index in [9.17, 15) is 4.79 Å². The van der Waals surface area contributed by atoms with E-state index in [0.717, 1.165) is 22.8 Å². The van der Waals surface area contributed by atoms with Gasteiger partial charge in [-0.3, -0.25) is 9.78 Å². The van der Waals surface area contributed by atoms with Crippen LogP contribution in [-0.4, -0.2) is 11.3 Å². The van der Waals surface area contributed by atoms with Crippen molar-refractivity contribution in [3.05, 3.63) is 47.7 Å². The molecule has 1 aromatic heterocycles. The number of rotatable bonds is 2. The maximum Gasteiger partial charge on any atom is 0.145 e. The number of aromatic nitrogens is 1. The Morgan fingerprint density at radius 3 is 2.87 bits per heavy atom. The highest BCUT2D eigenvalue weighted by atomic mass is 16.1. The molecule has 74 valence electrons. The highest BCUT2D eigenvalue weighted by Gasteiger charge is 1.98. The van der Waals surface area contributed by atoms with Crippen LogP contribution in [0.25, 0.3) is 17.0 Å². The van der Waals surface area contributed by atoms with E-state index in [-0.39, 0.29) is 0 Å². The van der Waals surface area contributed by atoms with Gasteiger partial charge in [-0.15, -0.1) is 0 Å². The Hall–Kier alpha value is -1.96. The minimum Gasteiger partial charge on any atom is -0.298 e. The minimum atomic E-state index is 0.702. The van der Waals surface area contributed by atoms with Crippen LogP contribution in [0.15, 0.2) is 42.1 Å². The predicted molar refractivity (Wildman–Crippen MR) is 61.5 cm³/mol. The number of nitrogens with zero attached hydrogens (tertiary/aromatic N) is 1. The van der Waals surface area contributed by atoms with Crippen molar-refractivity contribution in [2.45, 2.75) is 6.92 Å². The van der Waals surface area contributed by atoms with Gasteiger partial charge in [0.2, 0.25) is 0 Å². The topological polar surface area (TPSA) is 30.0 Å². The molecule has 0 unspecified atom stereocenters. The number of allylic oxidation sites excluding steroid dienone is 1. The number of carbonyl (C=O) groups is 1. The van der Waals surface area contributed by atoms with E-state index >= 15 is 0 Å². The van der Waals surface area contributed by atoms with Crippen LogP contribution in [0.1, 0.15) is 12.5 Å². The number of hydrogen-bond acceptors (Lipinski definition) is 2. The Balaban J connectivity index is 2.66. The average molecular weight is 197 g/mol. The maximum atomic E-state index is 10.6. The summed E-state index contributed by atoms with van der Waals surface area (Å²) in [5, 5.41) is 1.09. The molecule has 1 aromatic carbocycles. The highest BCUT2D eigenvalue weighted by Crippen LogP contribution is 2.17. The lowest BCUT2D eigenvalue weighted by molar-refractivity contribution is -0.104. The molecule has 15 heavy (non-hydrogen) atoms. The normalized spacial score (nSPS) is 11.7. The maximum absolute atomic E-state index is 10.6. The van der Waals surface area contributed by atoms with Crippen LogP contribution >= 0.6 is 0 Å². The molecule has 0 spiro atoms. The molecule has 0 aliphatic rings. The largest absolute Gasteiger partial charge is 0.298 e. The van der Waals surface area contributed by atoms with Gasteiger partial charge in [-0.2, -0.15) is 0 Å². The van der Waals surface area contributed by atoms with Gasteiger partial charge in [0.25, 0.3) is 0 Å². The summed E-state index contributed by atoms with van der Waals surface area (Å²) in [7, 11) is 0. The minimum absolute atomic E-state index is 0.702. The molecular formula is C13H11NO. The van der Waals surface area contributed by atoms with Crippen LogP contribution in [0.3, 0.4) is 0 Å². The van der Waals surface area contributed by atoms with Crippen molar-refractivity contribution in [2.24, 2.45) is 0 Å². The number of para-hydroxylation sites is 1. The van der Waals surface area contributed by atoms with Crippen LogP contribution in [0.4, 0.5) is 0 Å². The summed E-state index contributed by atoms with van der Waals surface area (Å²) < 4.78 is 0. The monoisotopic (exact) mass is 197 g/mol. The number of carbonyl (C=O) groups excluding carboxylic acids is 1. The molecular weight excluding hydrogens is 186 g/mol. The van der Waals surface area contributed by atoms with Crippen LogP contribution < -0.4 is 0 Å². The van der Waals surface area contributed by atoms with Crippen molar-refractivity contribution >= 4 is 23.3 Å². The average Bonchev–Trinajstić information content (AvgIpc) is 2.29. The second-order valence-electron chi connectivity index (χ2n) is 3.43. The summed E-state index contributed by atoms with van der Waals surface area (Å²) in [6.07, 6.45) is 4.46.